The zero-order valence-corrected chi connectivity index (χ0v) is 15.8. The predicted molar refractivity (Wildman–Crippen MR) is 109 cm³/mol. The highest BCUT2D eigenvalue weighted by Crippen LogP contribution is 2.10. The second-order valence-electron chi connectivity index (χ2n) is 6.14. The van der Waals surface area contributed by atoms with Crippen LogP contribution < -0.4 is 10.6 Å². The summed E-state index contributed by atoms with van der Waals surface area (Å²) in [4.78, 5) is 19.4. The summed E-state index contributed by atoms with van der Waals surface area (Å²) in [6.07, 6.45) is 0. The molecule has 1 fully saturated rings. The molecule has 1 saturated heterocycles. The molecule has 1 heterocycles. The minimum absolute atomic E-state index is 0.236. The zero-order valence-electron chi connectivity index (χ0n) is 15.0. The fraction of sp³-hybridized carbons (Fsp3) is 0.300. The minimum Gasteiger partial charge on any atom is -0.379 e. The highest BCUT2D eigenvalue weighted by Gasteiger charge is 2.11. The summed E-state index contributed by atoms with van der Waals surface area (Å²) in [6, 6.07) is 16.4. The lowest BCUT2D eigenvalue weighted by molar-refractivity contribution is 0.0394. The van der Waals surface area contributed by atoms with Gasteiger partial charge in [-0.1, -0.05) is 29.8 Å². The van der Waals surface area contributed by atoms with Crippen molar-refractivity contribution < 1.29 is 9.53 Å². The monoisotopic (exact) mass is 386 g/mol. The molecule has 1 aliphatic rings. The van der Waals surface area contributed by atoms with E-state index in [1.807, 2.05) is 30.3 Å². The summed E-state index contributed by atoms with van der Waals surface area (Å²) < 4.78 is 5.36. The molecule has 3 rings (SSSR count). The third-order valence-corrected chi connectivity index (χ3v) is 4.42. The van der Waals surface area contributed by atoms with Crippen LogP contribution in [0, 0.1) is 0 Å². The van der Waals surface area contributed by atoms with Crippen molar-refractivity contribution in [2.75, 3.05) is 44.7 Å². The van der Waals surface area contributed by atoms with Gasteiger partial charge in [-0.25, -0.2) is 0 Å². The van der Waals surface area contributed by atoms with Gasteiger partial charge < -0.3 is 10.1 Å². The summed E-state index contributed by atoms with van der Waals surface area (Å²) in [5.74, 6) is 0.189. The van der Waals surface area contributed by atoms with Crippen LogP contribution in [-0.2, 0) is 4.74 Å². The van der Waals surface area contributed by atoms with E-state index in [-0.39, 0.29) is 5.91 Å². The summed E-state index contributed by atoms with van der Waals surface area (Å²) in [7, 11) is 0. The molecular formula is C20H23ClN4O2. The van der Waals surface area contributed by atoms with Gasteiger partial charge in [-0.3, -0.25) is 20.0 Å². The molecule has 0 radical (unpaired) electrons. The normalized spacial score (nSPS) is 15.4. The van der Waals surface area contributed by atoms with Crippen LogP contribution in [0.15, 0.2) is 59.6 Å². The largest absolute Gasteiger partial charge is 0.379 e. The number of aliphatic imine (C=N–C) groups is 1. The molecule has 142 valence electrons. The van der Waals surface area contributed by atoms with Crippen molar-refractivity contribution in [3.05, 3.63) is 65.2 Å². The number of anilines is 1. The molecule has 0 aliphatic carbocycles. The first-order chi connectivity index (χ1) is 13.2. The van der Waals surface area contributed by atoms with Crippen LogP contribution in [0.4, 0.5) is 5.69 Å². The van der Waals surface area contributed by atoms with Crippen molar-refractivity contribution in [2.45, 2.75) is 0 Å². The lowest BCUT2D eigenvalue weighted by Gasteiger charge is -2.25. The fourth-order valence-corrected chi connectivity index (χ4v) is 2.80. The zero-order chi connectivity index (χ0) is 18.9. The lowest BCUT2D eigenvalue weighted by atomic mass is 10.2. The van der Waals surface area contributed by atoms with Crippen molar-refractivity contribution in [1.82, 2.24) is 10.2 Å². The number of nitrogens with zero attached hydrogens (tertiary/aromatic N) is 2. The van der Waals surface area contributed by atoms with Crippen molar-refractivity contribution in [3.8, 4) is 0 Å². The van der Waals surface area contributed by atoms with Crippen molar-refractivity contribution in [3.63, 3.8) is 0 Å². The third kappa shape index (κ3) is 6.36. The Hall–Kier alpha value is -2.41. The molecule has 0 aromatic heterocycles. The van der Waals surface area contributed by atoms with Gasteiger partial charge in [-0.05, 0) is 36.4 Å². The maximum Gasteiger partial charge on any atom is 0.257 e. The van der Waals surface area contributed by atoms with Crippen LogP contribution in [0.3, 0.4) is 0 Å². The topological polar surface area (TPSA) is 66.0 Å². The molecule has 27 heavy (non-hydrogen) atoms. The third-order valence-electron chi connectivity index (χ3n) is 4.16. The number of carbonyl (C=O) groups is 1. The number of ether oxygens (including phenoxy) is 1. The Kier molecular flexibility index (Phi) is 7.21. The Bertz CT molecular complexity index is 759. The van der Waals surface area contributed by atoms with E-state index in [0.29, 0.717) is 23.1 Å². The molecule has 1 aliphatic heterocycles. The van der Waals surface area contributed by atoms with Gasteiger partial charge in [-0.2, -0.15) is 0 Å². The van der Waals surface area contributed by atoms with E-state index in [9.17, 15) is 4.79 Å². The van der Waals surface area contributed by atoms with Crippen molar-refractivity contribution in [1.29, 1.82) is 0 Å². The maximum absolute atomic E-state index is 12.5. The first-order valence-corrected chi connectivity index (χ1v) is 9.32. The van der Waals surface area contributed by atoms with Crippen LogP contribution in [0.5, 0.6) is 0 Å². The quantitative estimate of drug-likeness (QED) is 0.612. The van der Waals surface area contributed by atoms with Gasteiger partial charge in [0, 0.05) is 35.9 Å². The summed E-state index contributed by atoms with van der Waals surface area (Å²) in [5, 5.41) is 6.62. The highest BCUT2D eigenvalue weighted by molar-refractivity contribution is 6.30. The minimum atomic E-state index is -0.236. The van der Waals surface area contributed by atoms with Gasteiger partial charge in [0.15, 0.2) is 0 Å². The number of halogens is 1. The molecule has 1 amide bonds. The standard InChI is InChI=1S/C20H23ClN4O2/c21-17-8-6-16(7-9-17)19(26)24-20(23-18-4-2-1-3-5-18)22-10-11-25-12-14-27-15-13-25/h1-9H,10-15H2,(H2,22,23,24,26). The molecular weight excluding hydrogens is 364 g/mol. The van der Waals surface area contributed by atoms with Crippen molar-refractivity contribution >= 4 is 29.2 Å². The number of rotatable bonds is 5. The number of nitrogens with one attached hydrogen (secondary N) is 2. The van der Waals surface area contributed by atoms with E-state index in [0.717, 1.165) is 38.5 Å². The average molecular weight is 387 g/mol. The first-order valence-electron chi connectivity index (χ1n) is 8.94. The molecule has 0 unspecified atom stereocenters. The van der Waals surface area contributed by atoms with Gasteiger partial charge in [0.25, 0.3) is 5.91 Å². The molecule has 2 aromatic carbocycles. The number of amides is 1. The Morgan fingerprint density at radius 2 is 1.78 bits per heavy atom. The number of hydrogen-bond acceptors (Lipinski definition) is 4. The van der Waals surface area contributed by atoms with E-state index in [1.54, 1.807) is 24.3 Å². The van der Waals surface area contributed by atoms with E-state index >= 15 is 0 Å². The van der Waals surface area contributed by atoms with E-state index in [1.165, 1.54) is 0 Å². The molecule has 0 atom stereocenters. The Labute approximate surface area is 164 Å². The number of hydrogen-bond donors (Lipinski definition) is 2. The predicted octanol–water partition coefficient (Wildman–Crippen LogP) is 2.87. The number of guanidine groups is 1. The molecule has 2 aromatic rings. The number of carbonyl (C=O) groups excluding carboxylic acids is 1. The summed E-state index contributed by atoms with van der Waals surface area (Å²) in [6.45, 7) is 4.73. The number of benzene rings is 2. The van der Waals surface area contributed by atoms with Crippen LogP contribution >= 0.6 is 11.6 Å². The average Bonchev–Trinajstić information content (AvgIpc) is 2.70. The molecule has 0 bridgehead atoms. The Morgan fingerprint density at radius 3 is 2.48 bits per heavy atom. The van der Waals surface area contributed by atoms with Gasteiger partial charge in [-0.15, -0.1) is 0 Å². The molecule has 0 saturated carbocycles. The summed E-state index contributed by atoms with van der Waals surface area (Å²) >= 11 is 5.89. The highest BCUT2D eigenvalue weighted by atomic mass is 35.5. The van der Waals surface area contributed by atoms with Crippen LogP contribution in [-0.4, -0.2) is 56.2 Å². The second kappa shape index (κ2) is 10.1. The summed E-state index contributed by atoms with van der Waals surface area (Å²) in [5.41, 5.74) is 1.38. The molecule has 7 heteroatoms. The number of para-hydroxylation sites is 1. The van der Waals surface area contributed by atoms with Crippen LogP contribution in [0.2, 0.25) is 5.02 Å². The van der Waals surface area contributed by atoms with Crippen LogP contribution in [0.25, 0.3) is 0 Å². The maximum atomic E-state index is 12.5. The Balaban J connectivity index is 1.65. The van der Waals surface area contributed by atoms with Gasteiger partial charge >= 0.3 is 0 Å². The lowest BCUT2D eigenvalue weighted by Crippen LogP contribution is -2.39. The first kappa shape index (κ1) is 19.4. The van der Waals surface area contributed by atoms with Gasteiger partial charge in [0.2, 0.25) is 5.96 Å². The molecule has 6 nitrogen and oxygen atoms in total. The molecule has 0 spiro atoms. The van der Waals surface area contributed by atoms with Crippen molar-refractivity contribution in [2.24, 2.45) is 4.99 Å². The van der Waals surface area contributed by atoms with E-state index in [2.05, 4.69) is 20.5 Å². The van der Waals surface area contributed by atoms with E-state index < -0.39 is 0 Å². The van der Waals surface area contributed by atoms with E-state index in [4.69, 9.17) is 16.3 Å². The Morgan fingerprint density at radius 1 is 1.07 bits per heavy atom. The number of morpholine rings is 1. The molecule has 2 N–H and O–H groups in total. The van der Waals surface area contributed by atoms with Gasteiger partial charge in [0.1, 0.15) is 0 Å². The smallest absolute Gasteiger partial charge is 0.257 e. The van der Waals surface area contributed by atoms with Crippen LogP contribution in [0.1, 0.15) is 10.4 Å². The fourth-order valence-electron chi connectivity index (χ4n) is 2.68. The van der Waals surface area contributed by atoms with Gasteiger partial charge in [0.05, 0.1) is 19.8 Å². The SMILES string of the molecule is O=C(NC(=NCCN1CCOCC1)Nc1ccccc1)c1ccc(Cl)cc1. The second-order valence-corrected chi connectivity index (χ2v) is 6.57.